The Morgan fingerprint density at radius 3 is 2.19 bits per heavy atom. The molecule has 2 rings (SSSR count). The number of hydrogen-bond acceptors (Lipinski definition) is 5. The average Bonchev–Trinajstić information content (AvgIpc) is 2.68. The Morgan fingerprint density at radius 1 is 1.12 bits per heavy atom. The van der Waals surface area contributed by atoms with Gasteiger partial charge in [0, 0.05) is 11.6 Å². The van der Waals surface area contributed by atoms with Crippen molar-refractivity contribution in [1.82, 2.24) is 4.31 Å². The molecule has 0 aromatic heterocycles. The van der Waals surface area contributed by atoms with Crippen LogP contribution in [0.25, 0.3) is 0 Å². The molecule has 140 valence electrons. The number of rotatable bonds is 8. The Kier molecular flexibility index (Phi) is 7.74. The average molecular weight is 398 g/mol. The van der Waals surface area contributed by atoms with Crippen LogP contribution in [0.5, 0.6) is 0 Å². The fourth-order valence-electron chi connectivity index (χ4n) is 2.29. The summed E-state index contributed by atoms with van der Waals surface area (Å²) in [6.45, 7) is -0.491. The third kappa shape index (κ3) is 5.12. The van der Waals surface area contributed by atoms with Gasteiger partial charge in [-0.15, -0.1) is 0 Å². The molecule has 0 saturated carbocycles. The summed E-state index contributed by atoms with van der Waals surface area (Å²) in [6.07, 6.45) is 0. The Morgan fingerprint density at radius 2 is 1.69 bits per heavy atom. The first kappa shape index (κ1) is 20.5. The van der Waals surface area contributed by atoms with E-state index in [9.17, 15) is 19.2 Å². The molecule has 0 aliphatic rings. The maximum absolute atomic E-state index is 12.9. The lowest BCUT2D eigenvalue weighted by Crippen LogP contribution is -2.41. The largest absolute Gasteiger partial charge is 0.465 e. The van der Waals surface area contributed by atoms with E-state index in [1.54, 1.807) is 48.5 Å². The number of nitrogens with zero attached hydrogens (tertiary/aromatic N) is 1. The molecule has 26 heavy (non-hydrogen) atoms. The molecule has 0 saturated heterocycles. The van der Waals surface area contributed by atoms with E-state index in [1.165, 1.54) is 11.4 Å². The van der Waals surface area contributed by atoms with Gasteiger partial charge >= 0.3 is 5.97 Å². The van der Waals surface area contributed by atoms with Gasteiger partial charge in [-0.2, -0.15) is 0 Å². The first-order chi connectivity index (χ1) is 12.5. The summed E-state index contributed by atoms with van der Waals surface area (Å²) in [5.74, 6) is -0.443. The molecule has 8 heteroatoms. The van der Waals surface area contributed by atoms with Crippen LogP contribution in [0, 0.1) is 0 Å². The van der Waals surface area contributed by atoms with E-state index in [4.69, 9.17) is 11.6 Å². The summed E-state index contributed by atoms with van der Waals surface area (Å²) in [4.78, 5) is 12.0. The van der Waals surface area contributed by atoms with Crippen molar-refractivity contribution in [1.29, 1.82) is 0 Å². The number of carbonyl (C=O) groups is 1. The zero-order chi connectivity index (χ0) is 19.1. The predicted octanol–water partition coefficient (Wildman–Crippen LogP) is 2.00. The van der Waals surface area contributed by atoms with Crippen LogP contribution in [0.2, 0.25) is 5.02 Å². The van der Waals surface area contributed by atoms with Crippen LogP contribution >= 0.6 is 11.6 Å². The monoisotopic (exact) mass is 397 g/mol. The van der Waals surface area contributed by atoms with Crippen molar-refractivity contribution in [2.24, 2.45) is 0 Å². The molecule has 2 aromatic carbocycles. The standard InChI is InChI=1S/C18H20ClNO5S/c1-25-18(23)14-4-2-13(3-5-14)10-20(16(11-21)12-22)26(24)17-8-6-15(19)7-9-17/h2-9,16,21-22H,10-12H2,1H3. The molecular formula is C18H20ClNO5S. The van der Waals surface area contributed by atoms with Crippen LogP contribution in [0.4, 0.5) is 0 Å². The molecular weight excluding hydrogens is 378 g/mol. The minimum atomic E-state index is -1.61. The van der Waals surface area contributed by atoms with Crippen molar-refractivity contribution in [3.05, 3.63) is 64.7 Å². The summed E-state index contributed by atoms with van der Waals surface area (Å²) in [6, 6.07) is 12.5. The second kappa shape index (κ2) is 9.80. The van der Waals surface area contributed by atoms with Crippen LogP contribution in [0.1, 0.15) is 15.9 Å². The van der Waals surface area contributed by atoms with Crippen molar-refractivity contribution < 1.29 is 24.0 Å². The number of halogens is 1. The first-order valence-electron chi connectivity index (χ1n) is 7.83. The fourth-order valence-corrected chi connectivity index (χ4v) is 3.73. The minimum Gasteiger partial charge on any atom is -0.465 e. The van der Waals surface area contributed by atoms with E-state index in [0.717, 1.165) is 5.56 Å². The van der Waals surface area contributed by atoms with Gasteiger partial charge < -0.3 is 14.9 Å². The first-order valence-corrected chi connectivity index (χ1v) is 9.31. The maximum Gasteiger partial charge on any atom is 0.337 e. The van der Waals surface area contributed by atoms with Gasteiger partial charge in [0.15, 0.2) is 0 Å². The number of aliphatic hydroxyl groups excluding tert-OH is 2. The number of methoxy groups -OCH3 is 1. The summed E-state index contributed by atoms with van der Waals surface area (Å²) in [5, 5.41) is 19.6. The van der Waals surface area contributed by atoms with Gasteiger partial charge in [0.1, 0.15) is 11.0 Å². The van der Waals surface area contributed by atoms with Crippen LogP contribution in [0.15, 0.2) is 53.4 Å². The molecule has 1 atom stereocenters. The zero-order valence-corrected chi connectivity index (χ0v) is 15.7. The number of esters is 1. The molecule has 2 N–H and O–H groups in total. The van der Waals surface area contributed by atoms with Crippen molar-refractivity contribution >= 4 is 28.6 Å². The lowest BCUT2D eigenvalue weighted by molar-refractivity contribution is 0.0600. The molecule has 1 unspecified atom stereocenters. The van der Waals surface area contributed by atoms with Gasteiger partial charge in [-0.05, 0) is 42.0 Å². The van der Waals surface area contributed by atoms with Crippen molar-refractivity contribution in [3.63, 3.8) is 0 Å². The summed E-state index contributed by atoms with van der Waals surface area (Å²) < 4.78 is 19.1. The van der Waals surface area contributed by atoms with Crippen LogP contribution in [0.3, 0.4) is 0 Å². The lowest BCUT2D eigenvalue weighted by Gasteiger charge is -2.28. The van der Waals surface area contributed by atoms with Crippen LogP contribution in [-0.4, -0.2) is 51.1 Å². The highest BCUT2D eigenvalue weighted by Crippen LogP contribution is 2.20. The zero-order valence-electron chi connectivity index (χ0n) is 14.2. The topological polar surface area (TPSA) is 87.1 Å². The summed E-state index contributed by atoms with van der Waals surface area (Å²) in [5.41, 5.74) is 1.18. The molecule has 2 aromatic rings. The number of carbonyl (C=O) groups excluding carboxylic acids is 1. The van der Waals surface area contributed by atoms with Gasteiger partial charge in [0.05, 0.1) is 36.8 Å². The molecule has 0 aliphatic heterocycles. The summed E-state index contributed by atoms with van der Waals surface area (Å²) in [7, 11) is -0.307. The van der Waals surface area contributed by atoms with E-state index in [-0.39, 0.29) is 19.8 Å². The van der Waals surface area contributed by atoms with Gasteiger partial charge in [0.25, 0.3) is 0 Å². The van der Waals surface area contributed by atoms with Gasteiger partial charge in [-0.1, -0.05) is 23.7 Å². The van der Waals surface area contributed by atoms with E-state index in [2.05, 4.69) is 4.74 Å². The lowest BCUT2D eigenvalue weighted by atomic mass is 10.1. The molecule has 0 fully saturated rings. The van der Waals surface area contributed by atoms with Crippen LogP contribution in [-0.2, 0) is 22.3 Å². The number of ether oxygens (including phenoxy) is 1. The van der Waals surface area contributed by atoms with Crippen molar-refractivity contribution in [2.45, 2.75) is 17.5 Å². The Hall–Kier alpha value is -1.77. The molecule has 0 bridgehead atoms. The molecule has 0 heterocycles. The Balaban J connectivity index is 2.26. The second-order valence-electron chi connectivity index (χ2n) is 5.49. The second-order valence-corrected chi connectivity index (χ2v) is 7.36. The van der Waals surface area contributed by atoms with Gasteiger partial charge in [-0.3, -0.25) is 0 Å². The Bertz CT molecular complexity index is 747. The molecule has 0 radical (unpaired) electrons. The van der Waals surface area contributed by atoms with E-state index < -0.39 is 23.0 Å². The smallest absolute Gasteiger partial charge is 0.337 e. The molecule has 6 nitrogen and oxygen atoms in total. The third-order valence-electron chi connectivity index (χ3n) is 3.77. The van der Waals surface area contributed by atoms with Crippen LogP contribution < -0.4 is 0 Å². The molecule has 0 aliphatic carbocycles. The number of hydrogen-bond donors (Lipinski definition) is 2. The highest BCUT2D eigenvalue weighted by Gasteiger charge is 2.24. The van der Waals surface area contributed by atoms with Crippen molar-refractivity contribution in [2.75, 3.05) is 20.3 Å². The van der Waals surface area contributed by atoms with Gasteiger partial charge in [0.2, 0.25) is 0 Å². The van der Waals surface area contributed by atoms with Crippen molar-refractivity contribution in [3.8, 4) is 0 Å². The van der Waals surface area contributed by atoms with Gasteiger partial charge in [-0.25, -0.2) is 13.3 Å². The van der Waals surface area contributed by atoms with E-state index in [0.29, 0.717) is 15.5 Å². The van der Waals surface area contributed by atoms with E-state index in [1.807, 2.05) is 0 Å². The highest BCUT2D eigenvalue weighted by atomic mass is 35.5. The maximum atomic E-state index is 12.9. The summed E-state index contributed by atoms with van der Waals surface area (Å²) >= 11 is 5.86. The quantitative estimate of drug-likeness (QED) is 0.665. The minimum absolute atomic E-state index is 0.211. The molecule has 0 amide bonds. The highest BCUT2D eigenvalue weighted by molar-refractivity contribution is 7.82. The SMILES string of the molecule is COC(=O)c1ccc(CN(C(CO)CO)S(=O)c2ccc(Cl)cc2)cc1. The normalized spacial score (nSPS) is 12.4. The number of aliphatic hydroxyl groups is 2. The molecule has 0 spiro atoms. The Labute approximate surface area is 159 Å². The number of benzene rings is 2. The third-order valence-corrected chi connectivity index (χ3v) is 5.55. The predicted molar refractivity (Wildman–Crippen MR) is 99.1 cm³/mol. The fraction of sp³-hybridized carbons (Fsp3) is 0.278. The van der Waals surface area contributed by atoms with E-state index >= 15 is 0 Å².